The number of nitrogens with two attached hydrogens (primary N) is 1. The van der Waals surface area contributed by atoms with Crippen molar-refractivity contribution in [1.29, 1.82) is 0 Å². The highest BCUT2D eigenvalue weighted by atomic mass is 16.5. The summed E-state index contributed by atoms with van der Waals surface area (Å²) in [5, 5.41) is 19.8. The van der Waals surface area contributed by atoms with Gasteiger partial charge < -0.3 is 20.7 Å². The summed E-state index contributed by atoms with van der Waals surface area (Å²) < 4.78 is 5.30. The Bertz CT molecular complexity index is 229. The fourth-order valence-electron chi connectivity index (χ4n) is 2.75. The van der Waals surface area contributed by atoms with Gasteiger partial charge >= 0.3 is 0 Å². The minimum atomic E-state index is -0.887. The quantitative estimate of drug-likeness (QED) is 0.630. The first kappa shape index (κ1) is 16.9. The molecule has 0 spiro atoms. The second-order valence-electron chi connectivity index (χ2n) is 6.19. The largest absolute Gasteiger partial charge is 0.389 e. The highest BCUT2D eigenvalue weighted by Gasteiger charge is 2.25. The smallest absolute Gasteiger partial charge is 0.105 e. The molecule has 1 rings (SSSR count). The molecule has 0 aromatic carbocycles. The molecule has 0 amide bonds. The molecule has 0 heterocycles. The van der Waals surface area contributed by atoms with Gasteiger partial charge in [0.05, 0.1) is 18.8 Å². The Kier molecular flexibility index (Phi) is 7.91. The van der Waals surface area contributed by atoms with Gasteiger partial charge in [0.2, 0.25) is 0 Å². The van der Waals surface area contributed by atoms with Crippen molar-refractivity contribution in [2.45, 2.75) is 83.1 Å². The van der Waals surface area contributed by atoms with E-state index in [9.17, 15) is 10.2 Å². The third kappa shape index (κ3) is 6.70. The van der Waals surface area contributed by atoms with Crippen molar-refractivity contribution in [2.75, 3.05) is 6.61 Å². The second kappa shape index (κ2) is 8.90. The molecular weight excluding hydrogens is 242 g/mol. The molecule has 114 valence electrons. The number of ether oxygens (including phenoxy) is 1. The number of hydrogen-bond acceptors (Lipinski definition) is 4. The van der Waals surface area contributed by atoms with Gasteiger partial charge in [0.15, 0.2) is 0 Å². The monoisotopic (exact) mass is 273 g/mol. The summed E-state index contributed by atoms with van der Waals surface area (Å²) in [5.41, 5.74) is 5.98. The van der Waals surface area contributed by atoms with Crippen molar-refractivity contribution in [3.05, 3.63) is 0 Å². The van der Waals surface area contributed by atoms with Gasteiger partial charge in [-0.2, -0.15) is 0 Å². The summed E-state index contributed by atoms with van der Waals surface area (Å²) >= 11 is 0. The average Bonchev–Trinajstić information content (AvgIpc) is 2.42. The maximum absolute atomic E-state index is 9.97. The molecule has 0 unspecified atom stereocenters. The van der Waals surface area contributed by atoms with Gasteiger partial charge in [-0.1, -0.05) is 32.1 Å². The van der Waals surface area contributed by atoms with E-state index in [0.29, 0.717) is 0 Å². The summed E-state index contributed by atoms with van der Waals surface area (Å²) in [6, 6.07) is -0.354. The predicted molar refractivity (Wildman–Crippen MR) is 76.9 cm³/mol. The molecule has 4 heteroatoms. The summed E-state index contributed by atoms with van der Waals surface area (Å²) in [6.07, 6.45) is 6.73. The normalized spacial score (nSPS) is 22.4. The summed E-state index contributed by atoms with van der Waals surface area (Å²) in [7, 11) is 0. The van der Waals surface area contributed by atoms with E-state index in [4.69, 9.17) is 10.5 Å². The lowest BCUT2D eigenvalue weighted by atomic mass is 9.84. The zero-order valence-electron chi connectivity index (χ0n) is 12.4. The van der Waals surface area contributed by atoms with Crippen LogP contribution in [-0.2, 0) is 4.74 Å². The van der Waals surface area contributed by atoms with Crippen molar-refractivity contribution in [3.63, 3.8) is 0 Å². The maximum Gasteiger partial charge on any atom is 0.105 e. The Morgan fingerprint density at radius 2 is 1.79 bits per heavy atom. The van der Waals surface area contributed by atoms with E-state index in [1.165, 1.54) is 32.1 Å². The van der Waals surface area contributed by atoms with Gasteiger partial charge in [0.25, 0.3) is 0 Å². The molecule has 1 fully saturated rings. The van der Waals surface area contributed by atoms with Crippen molar-refractivity contribution in [3.8, 4) is 0 Å². The Labute approximate surface area is 117 Å². The minimum Gasteiger partial charge on any atom is -0.389 e. The van der Waals surface area contributed by atoms with Crippen LogP contribution in [-0.4, -0.2) is 41.2 Å². The summed E-state index contributed by atoms with van der Waals surface area (Å²) in [5.74, 6) is 0.760. The van der Waals surface area contributed by atoms with E-state index >= 15 is 0 Å². The van der Waals surface area contributed by atoms with Crippen LogP contribution in [0.1, 0.15) is 58.8 Å². The fraction of sp³-hybridized carbons (Fsp3) is 1.00. The Morgan fingerprint density at radius 1 is 1.16 bits per heavy atom. The van der Waals surface area contributed by atoms with E-state index in [1.54, 1.807) is 0 Å². The van der Waals surface area contributed by atoms with Gasteiger partial charge in [-0.15, -0.1) is 0 Å². The van der Waals surface area contributed by atoms with Gasteiger partial charge in [-0.05, 0) is 32.6 Å². The number of aliphatic hydroxyl groups is 2. The van der Waals surface area contributed by atoms with E-state index in [1.807, 2.05) is 13.8 Å². The van der Waals surface area contributed by atoms with E-state index in [0.717, 1.165) is 18.8 Å². The highest BCUT2D eigenvalue weighted by molar-refractivity contribution is 4.80. The van der Waals surface area contributed by atoms with Crippen LogP contribution in [0.25, 0.3) is 0 Å². The fourth-order valence-corrected chi connectivity index (χ4v) is 2.75. The average molecular weight is 273 g/mol. The lowest BCUT2D eigenvalue weighted by molar-refractivity contribution is -0.0617. The van der Waals surface area contributed by atoms with Crippen LogP contribution in [0.2, 0.25) is 0 Å². The molecule has 3 atom stereocenters. The van der Waals surface area contributed by atoms with Crippen molar-refractivity contribution >= 4 is 0 Å². The number of rotatable bonds is 8. The highest BCUT2D eigenvalue weighted by Crippen LogP contribution is 2.27. The van der Waals surface area contributed by atoms with Crippen molar-refractivity contribution in [2.24, 2.45) is 11.7 Å². The van der Waals surface area contributed by atoms with Crippen LogP contribution < -0.4 is 5.73 Å². The van der Waals surface area contributed by atoms with Crippen LogP contribution in [0.4, 0.5) is 0 Å². The Morgan fingerprint density at radius 3 is 2.37 bits per heavy atom. The Balaban J connectivity index is 2.20. The first-order valence-electron chi connectivity index (χ1n) is 7.74. The molecule has 4 N–H and O–H groups in total. The zero-order valence-corrected chi connectivity index (χ0v) is 12.4. The van der Waals surface area contributed by atoms with Gasteiger partial charge in [0, 0.05) is 6.04 Å². The van der Waals surface area contributed by atoms with Crippen LogP contribution in [0, 0.1) is 5.92 Å². The zero-order chi connectivity index (χ0) is 14.3. The molecule has 19 heavy (non-hydrogen) atoms. The standard InChI is InChI=1S/C15H31NO3/c1-11(2)19-10-14(17)15(18)13(16)9-8-12-6-4-3-5-7-12/h11-15,17-18H,3-10,16H2,1-2H3/t13-,14+,15+/m0/s1. The molecule has 0 bridgehead atoms. The van der Waals surface area contributed by atoms with Gasteiger partial charge in [0.1, 0.15) is 6.10 Å². The molecule has 0 radical (unpaired) electrons. The lowest BCUT2D eigenvalue weighted by Crippen LogP contribution is -2.45. The third-order valence-corrected chi connectivity index (χ3v) is 4.07. The number of hydrogen-bond donors (Lipinski definition) is 3. The summed E-state index contributed by atoms with van der Waals surface area (Å²) in [4.78, 5) is 0. The molecule has 1 saturated carbocycles. The second-order valence-corrected chi connectivity index (χ2v) is 6.19. The minimum absolute atomic E-state index is 0.0558. The van der Waals surface area contributed by atoms with E-state index in [2.05, 4.69) is 0 Å². The topological polar surface area (TPSA) is 75.7 Å². The van der Waals surface area contributed by atoms with Crippen molar-refractivity contribution in [1.82, 2.24) is 0 Å². The molecular formula is C15H31NO3. The van der Waals surface area contributed by atoms with Crippen LogP contribution >= 0.6 is 0 Å². The lowest BCUT2D eigenvalue weighted by Gasteiger charge is -2.27. The molecule has 0 saturated heterocycles. The molecule has 0 aromatic rings. The van der Waals surface area contributed by atoms with Crippen LogP contribution in [0.15, 0.2) is 0 Å². The van der Waals surface area contributed by atoms with Crippen LogP contribution in [0.5, 0.6) is 0 Å². The predicted octanol–water partition coefficient (Wildman–Crippen LogP) is 1.82. The van der Waals surface area contributed by atoms with E-state index in [-0.39, 0.29) is 18.8 Å². The molecule has 4 nitrogen and oxygen atoms in total. The van der Waals surface area contributed by atoms with E-state index < -0.39 is 12.2 Å². The molecule has 1 aliphatic rings. The molecule has 1 aliphatic carbocycles. The van der Waals surface area contributed by atoms with Crippen molar-refractivity contribution < 1.29 is 14.9 Å². The molecule has 0 aromatic heterocycles. The first-order valence-corrected chi connectivity index (χ1v) is 7.74. The Hall–Kier alpha value is -0.160. The van der Waals surface area contributed by atoms with Gasteiger partial charge in [-0.25, -0.2) is 0 Å². The third-order valence-electron chi connectivity index (χ3n) is 4.07. The molecule has 0 aliphatic heterocycles. The SMILES string of the molecule is CC(C)OC[C@@H](O)[C@H](O)[C@@H](N)CCC1CCCCC1. The van der Waals surface area contributed by atoms with Gasteiger partial charge in [-0.3, -0.25) is 0 Å². The summed E-state index contributed by atoms with van der Waals surface area (Å²) in [6.45, 7) is 3.96. The number of aliphatic hydroxyl groups excluding tert-OH is 2. The first-order chi connectivity index (χ1) is 9.00. The maximum atomic E-state index is 9.97. The van der Waals surface area contributed by atoms with Crippen LogP contribution in [0.3, 0.4) is 0 Å².